The van der Waals surface area contributed by atoms with E-state index in [2.05, 4.69) is 34.0 Å². The minimum atomic E-state index is -1.12. The Hall–Kier alpha value is -4.22. The molecule has 10 nitrogen and oxygen atoms in total. The highest BCUT2D eigenvalue weighted by Gasteiger charge is 2.33. The molecule has 0 aliphatic heterocycles. The number of H-pyrrole nitrogens is 1. The van der Waals surface area contributed by atoms with Gasteiger partial charge in [0.1, 0.15) is 29.8 Å². The van der Waals surface area contributed by atoms with E-state index in [1.54, 1.807) is 29.6 Å². The third-order valence-corrected chi connectivity index (χ3v) is 7.81. The normalized spacial score (nSPS) is 12.7. The van der Waals surface area contributed by atoms with Crippen LogP contribution in [0.5, 0.6) is 11.6 Å². The first kappa shape index (κ1) is 29.8. The topological polar surface area (TPSA) is 130 Å². The predicted octanol–water partition coefficient (Wildman–Crippen LogP) is 4.91. The second-order valence-electron chi connectivity index (χ2n) is 9.63. The van der Waals surface area contributed by atoms with E-state index in [4.69, 9.17) is 4.74 Å². The van der Waals surface area contributed by atoms with Gasteiger partial charge < -0.3 is 25.0 Å². The largest absolute Gasteiger partial charge is 0.493 e. The van der Waals surface area contributed by atoms with Crippen molar-refractivity contribution in [2.45, 2.75) is 39.7 Å². The van der Waals surface area contributed by atoms with Crippen LogP contribution in [-0.2, 0) is 4.79 Å². The summed E-state index contributed by atoms with van der Waals surface area (Å²) in [7, 11) is 0. The van der Waals surface area contributed by atoms with E-state index in [9.17, 15) is 19.5 Å². The maximum absolute atomic E-state index is 13.7. The smallest absolute Gasteiger partial charge is 0.329 e. The van der Waals surface area contributed by atoms with E-state index in [1.807, 2.05) is 37.3 Å². The number of imidazole rings is 1. The second kappa shape index (κ2) is 13.4. The van der Waals surface area contributed by atoms with Crippen molar-refractivity contribution < 1.29 is 19.4 Å². The zero-order valence-electron chi connectivity index (χ0n) is 23.6. The number of likely N-dealkylation sites (N-methyl/N-ethyl adjacent to an activating group) is 1. The molecule has 0 fully saturated rings. The molecule has 2 heterocycles. The molecule has 3 N–H and O–H groups in total. The standard InChI is InChI=1S/C30H35N5O5S/c1-5-34(6-2)16-17-40-23-14-12-22(13-15-23)25-28(38)35(30(39)32-25)26(19(3)21-10-8-7-9-11-21)27(37)33-29-31-24(18-41-29)20(4)36/h7-15,18-19,26,38H,5-6,16-17H2,1-4H3,(H,32,39)(H,31,33,37)/t19-,26-/m0/s1. The minimum absolute atomic E-state index is 0.191. The number of carbonyl (C=O) groups is 2. The first-order valence-corrected chi connectivity index (χ1v) is 14.4. The number of Topliss-reactive ketones (excluding diaryl/α,β-unsaturated/α-hetero) is 1. The highest BCUT2D eigenvalue weighted by atomic mass is 32.1. The van der Waals surface area contributed by atoms with Crippen molar-refractivity contribution in [3.63, 3.8) is 0 Å². The molecule has 2 aromatic heterocycles. The lowest BCUT2D eigenvalue weighted by Crippen LogP contribution is -2.35. The van der Waals surface area contributed by atoms with Crippen molar-refractivity contribution in [1.29, 1.82) is 0 Å². The Bertz CT molecular complexity index is 1520. The number of carbonyl (C=O) groups excluding carboxylic acids is 2. The molecule has 4 aromatic rings. The number of thiazole rings is 1. The van der Waals surface area contributed by atoms with Gasteiger partial charge in [-0.15, -0.1) is 11.3 Å². The number of hydrogen-bond acceptors (Lipinski definition) is 8. The molecule has 4 rings (SSSR count). The number of hydrogen-bond donors (Lipinski definition) is 3. The fourth-order valence-electron chi connectivity index (χ4n) is 4.63. The van der Waals surface area contributed by atoms with Gasteiger partial charge in [-0.3, -0.25) is 9.59 Å². The lowest BCUT2D eigenvalue weighted by Gasteiger charge is -2.24. The zero-order chi connectivity index (χ0) is 29.5. The Balaban J connectivity index is 1.63. The molecule has 2 aromatic carbocycles. The highest BCUT2D eigenvalue weighted by molar-refractivity contribution is 7.14. The molecule has 1 amide bonds. The number of ether oxygens (including phenoxy) is 1. The average molecular weight is 578 g/mol. The summed E-state index contributed by atoms with van der Waals surface area (Å²) in [6, 6.07) is 15.2. The van der Waals surface area contributed by atoms with Crippen molar-refractivity contribution in [2.75, 3.05) is 31.6 Å². The van der Waals surface area contributed by atoms with Gasteiger partial charge in [-0.2, -0.15) is 0 Å². The van der Waals surface area contributed by atoms with Gasteiger partial charge in [0.05, 0.1) is 0 Å². The van der Waals surface area contributed by atoms with E-state index in [-0.39, 0.29) is 28.2 Å². The van der Waals surface area contributed by atoms with Crippen molar-refractivity contribution in [2.24, 2.45) is 0 Å². The van der Waals surface area contributed by atoms with Gasteiger partial charge in [0.15, 0.2) is 10.9 Å². The van der Waals surface area contributed by atoms with Crippen LogP contribution in [-0.4, -0.2) is 62.5 Å². The molecule has 0 unspecified atom stereocenters. The van der Waals surface area contributed by atoms with Crippen LogP contribution in [0.25, 0.3) is 11.3 Å². The molecule has 216 valence electrons. The van der Waals surface area contributed by atoms with Crippen LogP contribution in [0.4, 0.5) is 5.13 Å². The summed E-state index contributed by atoms with van der Waals surface area (Å²) < 4.78 is 6.92. The maximum atomic E-state index is 13.7. The Morgan fingerprint density at radius 2 is 1.80 bits per heavy atom. The van der Waals surface area contributed by atoms with E-state index in [0.29, 0.717) is 17.9 Å². The highest BCUT2D eigenvalue weighted by Crippen LogP contribution is 2.35. The van der Waals surface area contributed by atoms with Crippen molar-refractivity contribution in [3.8, 4) is 22.9 Å². The van der Waals surface area contributed by atoms with E-state index >= 15 is 0 Å². The maximum Gasteiger partial charge on any atom is 0.329 e. The summed E-state index contributed by atoms with van der Waals surface area (Å²) in [6.07, 6.45) is 0. The van der Waals surface area contributed by atoms with E-state index < -0.39 is 23.6 Å². The minimum Gasteiger partial charge on any atom is -0.493 e. The lowest BCUT2D eigenvalue weighted by atomic mass is 9.92. The molecular formula is C30H35N5O5S. The van der Waals surface area contributed by atoms with E-state index in [0.717, 1.165) is 41.1 Å². The molecule has 0 saturated heterocycles. The number of benzene rings is 2. The summed E-state index contributed by atoms with van der Waals surface area (Å²) in [5.41, 5.74) is 1.16. The molecule has 0 radical (unpaired) electrons. The predicted molar refractivity (Wildman–Crippen MR) is 160 cm³/mol. The monoisotopic (exact) mass is 577 g/mol. The number of aromatic hydroxyl groups is 1. The molecule has 0 aliphatic carbocycles. The molecule has 2 atom stereocenters. The Morgan fingerprint density at radius 3 is 2.41 bits per heavy atom. The van der Waals surface area contributed by atoms with Gasteiger partial charge in [-0.1, -0.05) is 51.1 Å². The van der Waals surface area contributed by atoms with Gasteiger partial charge in [0.2, 0.25) is 11.8 Å². The molecular weight excluding hydrogens is 542 g/mol. The Labute approximate surface area is 242 Å². The fourth-order valence-corrected chi connectivity index (χ4v) is 5.38. The number of amides is 1. The second-order valence-corrected chi connectivity index (χ2v) is 10.5. The number of nitrogens with one attached hydrogen (secondary N) is 2. The Morgan fingerprint density at radius 1 is 1.12 bits per heavy atom. The molecule has 11 heteroatoms. The number of ketones is 1. The first-order valence-electron chi connectivity index (χ1n) is 13.5. The van der Waals surface area contributed by atoms with Gasteiger partial charge in [-0.25, -0.2) is 14.3 Å². The summed E-state index contributed by atoms with van der Waals surface area (Å²) in [6.45, 7) is 10.7. The van der Waals surface area contributed by atoms with Crippen LogP contribution in [0.1, 0.15) is 55.7 Å². The number of aromatic amines is 1. The SMILES string of the molecule is CCN(CC)CCOc1ccc(-c2[nH]c(=O)n([C@H](C(=O)Nc3nc(C(C)=O)cs3)[C@@H](C)c3ccccc3)c2O)cc1. The number of nitrogens with zero attached hydrogens (tertiary/aromatic N) is 3. The summed E-state index contributed by atoms with van der Waals surface area (Å²) >= 11 is 1.11. The fraction of sp³-hybridized carbons (Fsp3) is 0.333. The third kappa shape index (κ3) is 6.93. The van der Waals surface area contributed by atoms with Crippen LogP contribution in [0.2, 0.25) is 0 Å². The number of anilines is 1. The first-order chi connectivity index (χ1) is 19.7. The van der Waals surface area contributed by atoms with Gasteiger partial charge in [0.25, 0.3) is 0 Å². The summed E-state index contributed by atoms with van der Waals surface area (Å²) in [5, 5.41) is 15.8. The van der Waals surface area contributed by atoms with Crippen LogP contribution >= 0.6 is 11.3 Å². The van der Waals surface area contributed by atoms with Gasteiger partial charge in [0, 0.05) is 30.3 Å². The van der Waals surface area contributed by atoms with Gasteiger partial charge in [-0.05, 0) is 42.9 Å². The van der Waals surface area contributed by atoms with Crippen molar-refractivity contribution in [1.82, 2.24) is 19.4 Å². The van der Waals surface area contributed by atoms with Crippen LogP contribution in [0.15, 0.2) is 64.8 Å². The molecule has 0 bridgehead atoms. The number of aromatic nitrogens is 3. The van der Waals surface area contributed by atoms with Crippen molar-refractivity contribution >= 4 is 28.2 Å². The van der Waals surface area contributed by atoms with Crippen molar-refractivity contribution in [3.05, 3.63) is 81.7 Å². The average Bonchev–Trinajstić information content (AvgIpc) is 3.56. The summed E-state index contributed by atoms with van der Waals surface area (Å²) in [4.78, 5) is 47.8. The van der Waals surface area contributed by atoms with Crippen LogP contribution < -0.4 is 15.7 Å². The molecule has 41 heavy (non-hydrogen) atoms. The quantitative estimate of drug-likeness (QED) is 0.193. The molecule has 0 spiro atoms. The van der Waals surface area contributed by atoms with Gasteiger partial charge >= 0.3 is 5.69 Å². The summed E-state index contributed by atoms with van der Waals surface area (Å²) in [5.74, 6) is -0.967. The third-order valence-electron chi connectivity index (χ3n) is 7.06. The number of rotatable bonds is 13. The van der Waals surface area contributed by atoms with Crippen LogP contribution in [0, 0.1) is 0 Å². The molecule has 0 aliphatic rings. The lowest BCUT2D eigenvalue weighted by molar-refractivity contribution is -0.120. The van der Waals surface area contributed by atoms with E-state index in [1.165, 1.54) is 6.92 Å². The molecule has 0 saturated carbocycles. The Kier molecular flexibility index (Phi) is 9.74. The zero-order valence-corrected chi connectivity index (χ0v) is 24.4. The van der Waals surface area contributed by atoms with Crippen LogP contribution in [0.3, 0.4) is 0 Å².